The Morgan fingerprint density at radius 1 is 1.40 bits per heavy atom. The third-order valence-electron chi connectivity index (χ3n) is 3.08. The van der Waals surface area contributed by atoms with Gasteiger partial charge in [-0.05, 0) is 31.5 Å². The highest BCUT2D eigenvalue weighted by Gasteiger charge is 2.23. The van der Waals surface area contributed by atoms with E-state index in [0.29, 0.717) is 17.1 Å². The summed E-state index contributed by atoms with van der Waals surface area (Å²) in [5, 5.41) is 7.63. The highest BCUT2D eigenvalue weighted by Crippen LogP contribution is 2.22. The fourth-order valence-electron chi connectivity index (χ4n) is 1.96. The fourth-order valence-corrected chi connectivity index (χ4v) is 3.43. The van der Waals surface area contributed by atoms with E-state index in [4.69, 9.17) is 5.73 Å². The monoisotopic (exact) mass is 295 g/mol. The van der Waals surface area contributed by atoms with Crippen molar-refractivity contribution in [3.63, 3.8) is 0 Å². The van der Waals surface area contributed by atoms with Crippen molar-refractivity contribution in [2.45, 2.75) is 24.8 Å². The average Bonchev–Trinajstić information content (AvgIpc) is 2.78. The molecule has 0 saturated carbocycles. The van der Waals surface area contributed by atoms with Gasteiger partial charge in [-0.3, -0.25) is 0 Å². The first-order valence-electron chi connectivity index (χ1n) is 6.04. The number of hydrogen-bond acceptors (Lipinski definition) is 5. The van der Waals surface area contributed by atoms with Gasteiger partial charge < -0.3 is 10.3 Å². The Morgan fingerprint density at radius 2 is 2.10 bits per heavy atom. The number of rotatable bonds is 4. The van der Waals surface area contributed by atoms with Crippen LogP contribution >= 0.6 is 0 Å². The number of nitrogens with one attached hydrogen (secondary N) is 1. The van der Waals surface area contributed by atoms with Gasteiger partial charge >= 0.3 is 0 Å². The molecule has 8 heteroatoms. The van der Waals surface area contributed by atoms with Crippen molar-refractivity contribution in [1.29, 1.82) is 0 Å². The zero-order chi connectivity index (χ0) is 14.9. The quantitative estimate of drug-likeness (QED) is 0.810. The molecule has 0 bridgehead atoms. The summed E-state index contributed by atoms with van der Waals surface area (Å²) in [5.74, 6) is 0.537. The predicted octanol–water partition coefficient (Wildman–Crippen LogP) is 0.745. The van der Waals surface area contributed by atoms with Crippen molar-refractivity contribution < 1.29 is 8.42 Å². The van der Waals surface area contributed by atoms with Gasteiger partial charge in [0.25, 0.3) is 0 Å². The lowest BCUT2D eigenvalue weighted by atomic mass is 10.2. The molecule has 1 heterocycles. The molecule has 1 aromatic heterocycles. The fraction of sp³-hybridized carbons (Fsp3) is 0.333. The molecule has 20 heavy (non-hydrogen) atoms. The summed E-state index contributed by atoms with van der Waals surface area (Å²) in [7, 11) is -1.91. The lowest BCUT2D eigenvalue weighted by molar-refractivity contribution is 0.553. The van der Waals surface area contributed by atoms with Crippen LogP contribution in [-0.4, -0.2) is 23.2 Å². The number of nitrogens with zero attached hydrogens (tertiary/aromatic N) is 3. The van der Waals surface area contributed by atoms with Crippen molar-refractivity contribution in [1.82, 2.24) is 19.5 Å². The number of sulfonamides is 1. The second-order valence-corrected chi connectivity index (χ2v) is 6.30. The molecule has 0 aliphatic carbocycles. The number of hydrogen-bond donors (Lipinski definition) is 2. The van der Waals surface area contributed by atoms with E-state index in [1.54, 1.807) is 37.6 Å². The van der Waals surface area contributed by atoms with Gasteiger partial charge in [0.15, 0.2) is 0 Å². The maximum absolute atomic E-state index is 12.4. The molecule has 1 unspecified atom stereocenters. The van der Waals surface area contributed by atoms with Gasteiger partial charge in [0.05, 0.1) is 10.9 Å². The molecule has 0 saturated heterocycles. The molecule has 0 fully saturated rings. The number of nitrogens with two attached hydrogens (primary N) is 1. The summed E-state index contributed by atoms with van der Waals surface area (Å²) in [6.07, 6.45) is 1.52. The van der Waals surface area contributed by atoms with Crippen LogP contribution in [0.4, 0.5) is 5.69 Å². The first-order valence-corrected chi connectivity index (χ1v) is 7.52. The Hall–Kier alpha value is -1.93. The second kappa shape index (κ2) is 5.22. The standard InChI is InChI=1S/C12H17N5O2S/c1-8-10(13)5-4-6-11(8)20(18,19)16-9(2)12-15-14-7-17(12)3/h4-7,9,16H,13H2,1-3H3. The molecule has 1 aromatic carbocycles. The molecule has 3 N–H and O–H groups in total. The van der Waals surface area contributed by atoms with Crippen LogP contribution in [0.2, 0.25) is 0 Å². The summed E-state index contributed by atoms with van der Waals surface area (Å²) >= 11 is 0. The van der Waals surface area contributed by atoms with Crippen LogP contribution < -0.4 is 10.5 Å². The first kappa shape index (κ1) is 14.5. The SMILES string of the molecule is Cc1c(N)cccc1S(=O)(=O)NC(C)c1nncn1C. The van der Waals surface area contributed by atoms with Gasteiger partial charge in [0.2, 0.25) is 10.0 Å². The van der Waals surface area contributed by atoms with Crippen LogP contribution in [0.5, 0.6) is 0 Å². The highest BCUT2D eigenvalue weighted by molar-refractivity contribution is 7.89. The summed E-state index contributed by atoms with van der Waals surface area (Å²) in [6.45, 7) is 3.39. The Balaban J connectivity index is 2.32. The van der Waals surface area contributed by atoms with Crippen LogP contribution in [0.15, 0.2) is 29.4 Å². The number of aryl methyl sites for hydroxylation is 1. The van der Waals surface area contributed by atoms with Gasteiger partial charge in [-0.15, -0.1) is 10.2 Å². The first-order chi connectivity index (χ1) is 9.33. The molecule has 108 valence electrons. The zero-order valence-electron chi connectivity index (χ0n) is 11.5. The van der Waals surface area contributed by atoms with E-state index in [0.717, 1.165) is 0 Å². The summed E-state index contributed by atoms with van der Waals surface area (Å²) < 4.78 is 29.0. The lowest BCUT2D eigenvalue weighted by Gasteiger charge is -2.15. The third kappa shape index (κ3) is 2.66. The van der Waals surface area contributed by atoms with Crippen molar-refractivity contribution >= 4 is 15.7 Å². The van der Waals surface area contributed by atoms with Crippen LogP contribution in [0.3, 0.4) is 0 Å². The smallest absolute Gasteiger partial charge is 0.241 e. The topological polar surface area (TPSA) is 103 Å². The second-order valence-electron chi connectivity index (χ2n) is 4.61. The van der Waals surface area contributed by atoms with Crippen molar-refractivity contribution in [2.75, 3.05) is 5.73 Å². The number of nitrogen functional groups attached to an aromatic ring is 1. The van der Waals surface area contributed by atoms with Crippen LogP contribution in [0.25, 0.3) is 0 Å². The minimum atomic E-state index is -3.67. The molecular formula is C12H17N5O2S. The van der Waals surface area contributed by atoms with E-state index in [9.17, 15) is 8.42 Å². The molecule has 0 amide bonds. The van der Waals surface area contributed by atoms with Crippen LogP contribution in [0.1, 0.15) is 24.4 Å². The largest absolute Gasteiger partial charge is 0.398 e. The van der Waals surface area contributed by atoms with Crippen molar-refractivity contribution in [2.24, 2.45) is 7.05 Å². The van der Waals surface area contributed by atoms with Gasteiger partial charge in [-0.1, -0.05) is 6.07 Å². The molecule has 7 nitrogen and oxygen atoms in total. The highest BCUT2D eigenvalue weighted by atomic mass is 32.2. The third-order valence-corrected chi connectivity index (χ3v) is 4.77. The van der Waals surface area contributed by atoms with E-state index in [1.807, 2.05) is 0 Å². The van der Waals surface area contributed by atoms with Crippen LogP contribution in [-0.2, 0) is 17.1 Å². The van der Waals surface area contributed by atoms with E-state index in [-0.39, 0.29) is 4.90 Å². The number of anilines is 1. The van der Waals surface area contributed by atoms with Gasteiger partial charge in [0.1, 0.15) is 12.2 Å². The van der Waals surface area contributed by atoms with Crippen molar-refractivity contribution in [3.05, 3.63) is 35.9 Å². The Bertz CT molecular complexity index is 723. The maximum Gasteiger partial charge on any atom is 0.241 e. The van der Waals surface area contributed by atoms with Gasteiger partial charge in [-0.25, -0.2) is 13.1 Å². The van der Waals surface area contributed by atoms with E-state index < -0.39 is 16.1 Å². The minimum absolute atomic E-state index is 0.173. The Labute approximate surface area is 117 Å². The number of benzene rings is 1. The maximum atomic E-state index is 12.4. The molecule has 2 rings (SSSR count). The Kier molecular flexibility index (Phi) is 3.78. The van der Waals surface area contributed by atoms with E-state index >= 15 is 0 Å². The van der Waals surface area contributed by atoms with Gasteiger partial charge in [0, 0.05) is 12.7 Å². The molecule has 0 aliphatic rings. The predicted molar refractivity (Wildman–Crippen MR) is 75.3 cm³/mol. The van der Waals surface area contributed by atoms with E-state index in [2.05, 4.69) is 14.9 Å². The molecule has 2 aromatic rings. The lowest BCUT2D eigenvalue weighted by Crippen LogP contribution is -2.29. The summed E-state index contributed by atoms with van der Waals surface area (Å²) in [4.78, 5) is 0.173. The summed E-state index contributed by atoms with van der Waals surface area (Å²) in [5.41, 5.74) is 6.72. The molecule has 1 atom stereocenters. The zero-order valence-corrected chi connectivity index (χ0v) is 12.3. The van der Waals surface area contributed by atoms with Crippen LogP contribution in [0, 0.1) is 6.92 Å². The van der Waals surface area contributed by atoms with E-state index in [1.165, 1.54) is 12.4 Å². The molecular weight excluding hydrogens is 278 g/mol. The van der Waals surface area contributed by atoms with Crippen molar-refractivity contribution in [3.8, 4) is 0 Å². The summed E-state index contributed by atoms with van der Waals surface area (Å²) in [6, 6.07) is 4.32. The minimum Gasteiger partial charge on any atom is -0.398 e. The molecule has 0 aliphatic heterocycles. The van der Waals surface area contributed by atoms with Gasteiger partial charge in [-0.2, -0.15) is 0 Å². The average molecular weight is 295 g/mol. The Morgan fingerprint density at radius 3 is 2.70 bits per heavy atom. The molecule has 0 spiro atoms. The molecule has 0 radical (unpaired) electrons. The normalized spacial score (nSPS) is 13.3. The number of aromatic nitrogens is 3.